The number of nitrogens with zero attached hydrogens (tertiary/aromatic N) is 1. The second kappa shape index (κ2) is 8.71. The van der Waals surface area contributed by atoms with E-state index >= 15 is 0 Å². The molecular weight excluding hydrogens is 320 g/mol. The third-order valence-electron chi connectivity index (χ3n) is 3.61. The molecule has 0 aromatic heterocycles. The molecule has 128 valence electrons. The Bertz CT molecular complexity index is 553. The van der Waals surface area contributed by atoms with Crippen molar-refractivity contribution in [3.8, 4) is 0 Å². The van der Waals surface area contributed by atoms with Gasteiger partial charge in [-0.25, -0.2) is 4.79 Å². The van der Waals surface area contributed by atoms with Gasteiger partial charge in [-0.2, -0.15) is 0 Å². The fraction of sp³-hybridized carbons (Fsp3) is 0.467. The van der Waals surface area contributed by atoms with Crippen molar-refractivity contribution in [1.29, 1.82) is 0 Å². The summed E-state index contributed by atoms with van der Waals surface area (Å²) >= 11 is 0. The molecule has 2 unspecified atom stereocenters. The molecule has 3 amide bonds. The lowest BCUT2D eigenvalue weighted by atomic mass is 10.1. The number of halogens is 1. The minimum absolute atomic E-state index is 0. The average molecular weight is 343 g/mol. The zero-order chi connectivity index (χ0) is 16.1. The number of rotatable bonds is 4. The Morgan fingerprint density at radius 1 is 1.35 bits per heavy atom. The molecule has 1 saturated heterocycles. The van der Waals surface area contributed by atoms with E-state index < -0.39 is 6.10 Å². The first kappa shape index (κ1) is 19.2. The maximum atomic E-state index is 12.1. The number of hydrogen-bond donors (Lipinski definition) is 4. The van der Waals surface area contributed by atoms with Crippen LogP contribution >= 0.6 is 12.4 Å². The lowest BCUT2D eigenvalue weighted by Crippen LogP contribution is -2.34. The number of benzene rings is 1. The third kappa shape index (κ3) is 5.38. The van der Waals surface area contributed by atoms with Gasteiger partial charge in [0.25, 0.3) is 5.91 Å². The Kier molecular flexibility index (Phi) is 7.28. The topological polar surface area (TPSA) is 93.7 Å². The Balaban J connectivity index is 0.00000264. The summed E-state index contributed by atoms with van der Waals surface area (Å²) in [6.07, 6.45) is -0.425. The van der Waals surface area contributed by atoms with Crippen molar-refractivity contribution >= 4 is 30.0 Å². The number of aliphatic hydroxyl groups is 1. The zero-order valence-electron chi connectivity index (χ0n) is 13.2. The van der Waals surface area contributed by atoms with Crippen LogP contribution in [-0.4, -0.2) is 61.8 Å². The van der Waals surface area contributed by atoms with Crippen LogP contribution in [0.25, 0.3) is 0 Å². The van der Waals surface area contributed by atoms with Gasteiger partial charge >= 0.3 is 6.03 Å². The van der Waals surface area contributed by atoms with Crippen LogP contribution < -0.4 is 16.0 Å². The lowest BCUT2D eigenvalue weighted by molar-refractivity contribution is 0.0927. The number of urea groups is 1. The first-order valence-electron chi connectivity index (χ1n) is 7.22. The van der Waals surface area contributed by atoms with Crippen molar-refractivity contribution in [2.24, 2.45) is 5.92 Å². The second-order valence-corrected chi connectivity index (χ2v) is 5.60. The molecule has 2 atom stereocenters. The van der Waals surface area contributed by atoms with Crippen molar-refractivity contribution in [2.45, 2.75) is 6.10 Å². The van der Waals surface area contributed by atoms with E-state index in [0.29, 0.717) is 30.9 Å². The highest BCUT2D eigenvalue weighted by Crippen LogP contribution is 2.12. The number of β-amino-alcohol motifs (C(OH)–C–C–N with tert-alkyl or cyclic N) is 1. The number of anilines is 1. The number of aliphatic hydroxyl groups excluding tert-OH is 1. The zero-order valence-corrected chi connectivity index (χ0v) is 14.0. The van der Waals surface area contributed by atoms with Gasteiger partial charge in [0.1, 0.15) is 0 Å². The fourth-order valence-electron chi connectivity index (χ4n) is 2.23. The van der Waals surface area contributed by atoms with E-state index in [1.807, 2.05) is 0 Å². The predicted octanol–water partition coefficient (Wildman–Crippen LogP) is 0.512. The number of nitrogens with one attached hydrogen (secondary N) is 3. The number of amides is 3. The molecular formula is C15H23ClN4O3. The van der Waals surface area contributed by atoms with Crippen LogP contribution in [-0.2, 0) is 0 Å². The quantitative estimate of drug-likeness (QED) is 0.641. The van der Waals surface area contributed by atoms with E-state index in [9.17, 15) is 14.7 Å². The molecule has 0 aliphatic carbocycles. The second-order valence-electron chi connectivity index (χ2n) is 5.60. The van der Waals surface area contributed by atoms with Crippen molar-refractivity contribution in [3.05, 3.63) is 29.8 Å². The van der Waals surface area contributed by atoms with Crippen LogP contribution in [0.3, 0.4) is 0 Å². The van der Waals surface area contributed by atoms with Gasteiger partial charge in [0.05, 0.1) is 6.10 Å². The van der Waals surface area contributed by atoms with Gasteiger partial charge in [0.2, 0.25) is 0 Å². The summed E-state index contributed by atoms with van der Waals surface area (Å²) in [6.45, 7) is 1.67. The van der Waals surface area contributed by atoms with Gasteiger partial charge in [0.15, 0.2) is 0 Å². The average Bonchev–Trinajstić information content (AvgIpc) is 2.90. The monoisotopic (exact) mass is 342 g/mol. The maximum Gasteiger partial charge on any atom is 0.321 e. The maximum absolute atomic E-state index is 12.1. The molecule has 0 spiro atoms. The molecule has 1 fully saturated rings. The molecule has 1 aliphatic rings. The smallest absolute Gasteiger partial charge is 0.321 e. The predicted molar refractivity (Wildman–Crippen MR) is 91.1 cm³/mol. The molecule has 0 radical (unpaired) electrons. The molecule has 1 aliphatic heterocycles. The molecule has 1 aromatic rings. The van der Waals surface area contributed by atoms with E-state index in [1.54, 1.807) is 38.4 Å². The standard InChI is InChI=1S/C15H22N4O3.ClH/c1-19(2)15(22)18-12-5-3-4-10(6-12)14(21)17-8-11-7-16-9-13(11)20;/h3-6,11,13,16,20H,7-9H2,1-2H3,(H,17,21)(H,18,22);1H. The van der Waals surface area contributed by atoms with Gasteiger partial charge in [-0.1, -0.05) is 6.07 Å². The summed E-state index contributed by atoms with van der Waals surface area (Å²) in [6, 6.07) is 6.50. The molecule has 23 heavy (non-hydrogen) atoms. The molecule has 1 heterocycles. The highest BCUT2D eigenvalue weighted by Gasteiger charge is 2.25. The SMILES string of the molecule is CN(C)C(=O)Nc1cccc(C(=O)NCC2CNCC2O)c1.Cl. The largest absolute Gasteiger partial charge is 0.391 e. The number of carbonyl (C=O) groups excluding carboxylic acids is 2. The summed E-state index contributed by atoms with van der Waals surface area (Å²) in [4.78, 5) is 25.2. The summed E-state index contributed by atoms with van der Waals surface area (Å²) in [7, 11) is 3.29. The van der Waals surface area contributed by atoms with Crippen molar-refractivity contribution in [1.82, 2.24) is 15.5 Å². The molecule has 4 N–H and O–H groups in total. The Hall–Kier alpha value is -1.83. The Morgan fingerprint density at radius 2 is 2.09 bits per heavy atom. The lowest BCUT2D eigenvalue weighted by Gasteiger charge is -2.15. The van der Waals surface area contributed by atoms with Gasteiger partial charge < -0.3 is 26.0 Å². The van der Waals surface area contributed by atoms with Crippen molar-refractivity contribution in [3.63, 3.8) is 0 Å². The van der Waals surface area contributed by atoms with Gasteiger partial charge in [0, 0.05) is 50.9 Å². The summed E-state index contributed by atoms with van der Waals surface area (Å²) in [5.41, 5.74) is 1.03. The summed E-state index contributed by atoms with van der Waals surface area (Å²) in [5.74, 6) is -0.194. The molecule has 0 bridgehead atoms. The fourth-order valence-corrected chi connectivity index (χ4v) is 2.23. The van der Waals surface area contributed by atoms with Crippen molar-refractivity contribution in [2.75, 3.05) is 39.0 Å². The third-order valence-corrected chi connectivity index (χ3v) is 3.61. The van der Waals surface area contributed by atoms with Crippen LogP contribution in [0.5, 0.6) is 0 Å². The number of hydrogen-bond acceptors (Lipinski definition) is 4. The Labute approximate surface area is 141 Å². The molecule has 2 rings (SSSR count). The first-order valence-corrected chi connectivity index (χ1v) is 7.22. The van der Waals surface area contributed by atoms with E-state index in [-0.39, 0.29) is 30.3 Å². The van der Waals surface area contributed by atoms with E-state index in [0.717, 1.165) is 0 Å². The highest BCUT2D eigenvalue weighted by atomic mass is 35.5. The van der Waals surface area contributed by atoms with Crippen LogP contribution in [0, 0.1) is 5.92 Å². The number of carbonyl (C=O) groups is 2. The summed E-state index contributed by atoms with van der Waals surface area (Å²) < 4.78 is 0. The van der Waals surface area contributed by atoms with E-state index in [2.05, 4.69) is 16.0 Å². The summed E-state index contributed by atoms with van der Waals surface area (Å²) in [5, 5.41) is 18.3. The molecule has 0 saturated carbocycles. The van der Waals surface area contributed by atoms with Crippen molar-refractivity contribution < 1.29 is 14.7 Å². The molecule has 8 heteroatoms. The highest BCUT2D eigenvalue weighted by molar-refractivity contribution is 5.96. The normalized spacial score (nSPS) is 19.6. The molecule has 7 nitrogen and oxygen atoms in total. The minimum atomic E-state index is -0.425. The first-order chi connectivity index (χ1) is 10.5. The van der Waals surface area contributed by atoms with Gasteiger partial charge in [-0.3, -0.25) is 4.79 Å². The van der Waals surface area contributed by atoms with Gasteiger partial charge in [-0.05, 0) is 18.2 Å². The molecule has 1 aromatic carbocycles. The van der Waals surface area contributed by atoms with Crippen LogP contribution in [0.15, 0.2) is 24.3 Å². The van der Waals surface area contributed by atoms with Crippen LogP contribution in [0.2, 0.25) is 0 Å². The van der Waals surface area contributed by atoms with Crippen LogP contribution in [0.4, 0.5) is 10.5 Å². The minimum Gasteiger partial charge on any atom is -0.391 e. The Morgan fingerprint density at radius 3 is 2.70 bits per heavy atom. The van der Waals surface area contributed by atoms with E-state index in [4.69, 9.17) is 0 Å². The van der Waals surface area contributed by atoms with E-state index in [1.165, 1.54) is 4.90 Å². The van der Waals surface area contributed by atoms with Crippen LogP contribution in [0.1, 0.15) is 10.4 Å². The van der Waals surface area contributed by atoms with Gasteiger partial charge in [-0.15, -0.1) is 12.4 Å².